The standard InChI is InChI=1S/C18H22FN3O/c1-13-8-9-14(20)12-15(13)18(23)21-10-5-11-22(2)17-7-4-3-6-16(17)19/h3-4,6-9,12H,5,10-11,20H2,1-2H3,(H,21,23). The molecular formula is C18H22FN3O. The molecule has 0 unspecified atom stereocenters. The third-order valence-corrected chi connectivity index (χ3v) is 3.73. The summed E-state index contributed by atoms with van der Waals surface area (Å²) in [4.78, 5) is 14.0. The lowest BCUT2D eigenvalue weighted by molar-refractivity contribution is 0.0953. The van der Waals surface area contributed by atoms with Gasteiger partial charge < -0.3 is 16.0 Å². The first-order valence-electron chi connectivity index (χ1n) is 7.59. The number of halogens is 1. The zero-order valence-corrected chi connectivity index (χ0v) is 13.5. The van der Waals surface area contributed by atoms with Gasteiger partial charge in [-0.15, -0.1) is 0 Å². The molecule has 4 nitrogen and oxygen atoms in total. The summed E-state index contributed by atoms with van der Waals surface area (Å²) in [6.45, 7) is 3.04. The van der Waals surface area contributed by atoms with E-state index in [1.807, 2.05) is 24.9 Å². The van der Waals surface area contributed by atoms with Gasteiger partial charge >= 0.3 is 0 Å². The second-order valence-electron chi connectivity index (χ2n) is 5.56. The van der Waals surface area contributed by atoms with Crippen LogP contribution in [0.2, 0.25) is 0 Å². The Bertz CT molecular complexity index is 688. The van der Waals surface area contributed by atoms with Crippen molar-refractivity contribution < 1.29 is 9.18 Å². The number of aryl methyl sites for hydroxylation is 1. The molecule has 0 aliphatic heterocycles. The van der Waals surface area contributed by atoms with Crippen molar-refractivity contribution >= 4 is 17.3 Å². The maximum atomic E-state index is 13.7. The second kappa shape index (κ2) is 7.63. The minimum atomic E-state index is -0.241. The Balaban J connectivity index is 1.82. The number of amides is 1. The molecule has 2 rings (SSSR count). The lowest BCUT2D eigenvalue weighted by atomic mass is 10.1. The molecule has 5 heteroatoms. The second-order valence-corrected chi connectivity index (χ2v) is 5.56. The molecule has 0 heterocycles. The van der Waals surface area contributed by atoms with Crippen LogP contribution < -0.4 is 16.0 Å². The van der Waals surface area contributed by atoms with E-state index in [1.165, 1.54) is 6.07 Å². The van der Waals surface area contributed by atoms with E-state index in [0.717, 1.165) is 12.0 Å². The molecule has 122 valence electrons. The molecule has 0 radical (unpaired) electrons. The van der Waals surface area contributed by atoms with E-state index >= 15 is 0 Å². The molecule has 2 aromatic carbocycles. The van der Waals surface area contributed by atoms with Gasteiger partial charge in [0.2, 0.25) is 0 Å². The number of nitrogens with zero attached hydrogens (tertiary/aromatic N) is 1. The topological polar surface area (TPSA) is 58.4 Å². The van der Waals surface area contributed by atoms with Crippen LogP contribution in [0.25, 0.3) is 0 Å². The lowest BCUT2D eigenvalue weighted by Crippen LogP contribution is -2.29. The van der Waals surface area contributed by atoms with Crippen molar-refractivity contribution in [3.05, 3.63) is 59.4 Å². The number of carbonyl (C=O) groups is 1. The van der Waals surface area contributed by atoms with E-state index < -0.39 is 0 Å². The summed E-state index contributed by atoms with van der Waals surface area (Å²) >= 11 is 0. The van der Waals surface area contributed by atoms with Crippen LogP contribution in [0, 0.1) is 12.7 Å². The number of carbonyl (C=O) groups excluding carboxylic acids is 1. The minimum absolute atomic E-state index is 0.136. The van der Waals surface area contributed by atoms with Gasteiger partial charge in [-0.1, -0.05) is 18.2 Å². The van der Waals surface area contributed by atoms with Crippen LogP contribution in [-0.2, 0) is 0 Å². The zero-order valence-electron chi connectivity index (χ0n) is 13.5. The van der Waals surface area contributed by atoms with Gasteiger partial charge in [-0.05, 0) is 43.2 Å². The summed E-state index contributed by atoms with van der Waals surface area (Å²) in [6.07, 6.45) is 0.720. The van der Waals surface area contributed by atoms with E-state index in [4.69, 9.17) is 5.73 Å². The number of nitrogens with two attached hydrogens (primary N) is 1. The van der Waals surface area contributed by atoms with E-state index in [2.05, 4.69) is 5.32 Å². The number of nitrogens with one attached hydrogen (secondary N) is 1. The molecule has 0 saturated carbocycles. The van der Waals surface area contributed by atoms with Crippen molar-refractivity contribution in [1.29, 1.82) is 0 Å². The molecule has 0 spiro atoms. The first-order valence-corrected chi connectivity index (χ1v) is 7.59. The summed E-state index contributed by atoms with van der Waals surface area (Å²) in [5, 5.41) is 2.87. The molecule has 0 aromatic heterocycles. The average Bonchev–Trinajstić information content (AvgIpc) is 2.53. The van der Waals surface area contributed by atoms with Gasteiger partial charge in [0.1, 0.15) is 5.82 Å². The monoisotopic (exact) mass is 315 g/mol. The fourth-order valence-electron chi connectivity index (χ4n) is 2.38. The van der Waals surface area contributed by atoms with Gasteiger partial charge in [0, 0.05) is 31.4 Å². The highest BCUT2D eigenvalue weighted by atomic mass is 19.1. The first kappa shape index (κ1) is 16.8. The molecule has 3 N–H and O–H groups in total. The van der Waals surface area contributed by atoms with Crippen LogP contribution >= 0.6 is 0 Å². The smallest absolute Gasteiger partial charge is 0.251 e. The number of nitrogen functional groups attached to an aromatic ring is 1. The number of benzene rings is 2. The summed E-state index contributed by atoms with van der Waals surface area (Å²) in [6, 6.07) is 11.9. The Morgan fingerprint density at radius 2 is 2.00 bits per heavy atom. The molecule has 0 fully saturated rings. The van der Waals surface area contributed by atoms with Crippen molar-refractivity contribution in [1.82, 2.24) is 5.32 Å². The maximum absolute atomic E-state index is 13.7. The van der Waals surface area contributed by atoms with Crippen LogP contribution in [0.15, 0.2) is 42.5 Å². The van der Waals surface area contributed by atoms with Crippen LogP contribution in [0.4, 0.5) is 15.8 Å². The van der Waals surface area contributed by atoms with Crippen molar-refractivity contribution in [3.63, 3.8) is 0 Å². The van der Waals surface area contributed by atoms with Gasteiger partial charge in [-0.3, -0.25) is 4.79 Å². The largest absolute Gasteiger partial charge is 0.399 e. The number of hydrogen-bond donors (Lipinski definition) is 2. The molecule has 23 heavy (non-hydrogen) atoms. The van der Waals surface area contributed by atoms with Gasteiger partial charge in [-0.2, -0.15) is 0 Å². The van der Waals surface area contributed by atoms with Crippen LogP contribution in [0.5, 0.6) is 0 Å². The molecule has 0 aliphatic rings. The molecule has 1 amide bonds. The first-order chi connectivity index (χ1) is 11.0. The van der Waals surface area contributed by atoms with E-state index in [1.54, 1.807) is 30.3 Å². The van der Waals surface area contributed by atoms with Gasteiger partial charge in [0.15, 0.2) is 0 Å². The Morgan fingerprint density at radius 1 is 1.26 bits per heavy atom. The number of hydrogen-bond acceptors (Lipinski definition) is 3. The summed E-state index contributed by atoms with van der Waals surface area (Å²) in [5.74, 6) is -0.377. The Kier molecular flexibility index (Phi) is 5.57. The molecular weight excluding hydrogens is 293 g/mol. The van der Waals surface area contributed by atoms with Crippen molar-refractivity contribution in [2.45, 2.75) is 13.3 Å². The molecule has 0 atom stereocenters. The number of para-hydroxylation sites is 1. The van der Waals surface area contributed by atoms with Crippen LogP contribution in [0.3, 0.4) is 0 Å². The van der Waals surface area contributed by atoms with E-state index in [-0.39, 0.29) is 11.7 Å². The van der Waals surface area contributed by atoms with Crippen LogP contribution in [-0.4, -0.2) is 26.0 Å². The Morgan fingerprint density at radius 3 is 2.74 bits per heavy atom. The third kappa shape index (κ3) is 4.45. The van der Waals surface area contributed by atoms with Crippen LogP contribution in [0.1, 0.15) is 22.3 Å². The average molecular weight is 315 g/mol. The predicted molar refractivity (Wildman–Crippen MR) is 92.2 cm³/mol. The normalized spacial score (nSPS) is 10.4. The lowest BCUT2D eigenvalue weighted by Gasteiger charge is -2.19. The Labute approximate surface area is 136 Å². The highest BCUT2D eigenvalue weighted by Crippen LogP contribution is 2.17. The fourth-order valence-corrected chi connectivity index (χ4v) is 2.38. The summed E-state index contributed by atoms with van der Waals surface area (Å²) < 4.78 is 13.7. The quantitative estimate of drug-likeness (QED) is 0.636. The Hall–Kier alpha value is -2.56. The maximum Gasteiger partial charge on any atom is 0.251 e. The highest BCUT2D eigenvalue weighted by molar-refractivity contribution is 5.96. The van der Waals surface area contributed by atoms with Crippen molar-refractivity contribution in [2.75, 3.05) is 30.8 Å². The van der Waals surface area contributed by atoms with Gasteiger partial charge in [0.25, 0.3) is 5.91 Å². The molecule has 2 aromatic rings. The highest BCUT2D eigenvalue weighted by Gasteiger charge is 2.09. The predicted octanol–water partition coefficient (Wildman–Crippen LogP) is 2.97. The molecule has 0 saturated heterocycles. The fraction of sp³-hybridized carbons (Fsp3) is 0.278. The third-order valence-electron chi connectivity index (χ3n) is 3.73. The van der Waals surface area contributed by atoms with E-state index in [9.17, 15) is 9.18 Å². The SMILES string of the molecule is Cc1ccc(N)cc1C(=O)NCCCN(C)c1ccccc1F. The van der Waals surface area contributed by atoms with Gasteiger partial charge in [-0.25, -0.2) is 4.39 Å². The summed E-state index contributed by atoms with van der Waals surface area (Å²) in [5.41, 5.74) is 8.33. The zero-order chi connectivity index (χ0) is 16.8. The van der Waals surface area contributed by atoms with E-state index in [0.29, 0.717) is 30.0 Å². The van der Waals surface area contributed by atoms with Crippen molar-refractivity contribution in [3.8, 4) is 0 Å². The van der Waals surface area contributed by atoms with Gasteiger partial charge in [0.05, 0.1) is 5.69 Å². The number of anilines is 2. The summed E-state index contributed by atoms with van der Waals surface area (Å²) in [7, 11) is 1.84. The van der Waals surface area contributed by atoms with Crippen molar-refractivity contribution in [2.24, 2.45) is 0 Å². The molecule has 0 bridgehead atoms. The number of rotatable bonds is 6. The molecule has 0 aliphatic carbocycles. The minimum Gasteiger partial charge on any atom is -0.399 e.